The Labute approximate surface area is 113 Å². The molecule has 16 heavy (non-hydrogen) atoms. The summed E-state index contributed by atoms with van der Waals surface area (Å²) in [4.78, 5) is -0.745. The molecule has 0 aromatic carbocycles. The van der Waals surface area contributed by atoms with Crippen molar-refractivity contribution >= 4 is 43.8 Å². The van der Waals surface area contributed by atoms with Gasteiger partial charge in [0.1, 0.15) is 11.5 Å². The highest BCUT2D eigenvalue weighted by Gasteiger charge is 2.62. The fraction of sp³-hybridized carbons (Fsp3) is 0.800. The van der Waals surface area contributed by atoms with Gasteiger partial charge in [0.2, 0.25) is 0 Å². The molecule has 5 unspecified atom stereocenters. The SMILES string of the molecule is CC(C)(C)C1(Cl)C=CC2OPOC2(Cl)C1Cl. The number of fused-ring (bicyclic) bond motifs is 1. The summed E-state index contributed by atoms with van der Waals surface area (Å²) in [5.41, 5.74) is -0.223. The number of allylic oxidation sites excluding steroid dienone is 1. The molecule has 2 nitrogen and oxygen atoms in total. The van der Waals surface area contributed by atoms with E-state index in [0.717, 1.165) is 0 Å². The number of alkyl halides is 3. The van der Waals surface area contributed by atoms with E-state index >= 15 is 0 Å². The minimum Gasteiger partial charge on any atom is -0.324 e. The van der Waals surface area contributed by atoms with Gasteiger partial charge in [-0.15, -0.1) is 23.2 Å². The molecule has 1 fully saturated rings. The van der Waals surface area contributed by atoms with Crippen LogP contribution in [0, 0.1) is 5.41 Å². The molecule has 5 atom stereocenters. The molecule has 6 heteroatoms. The van der Waals surface area contributed by atoms with Gasteiger partial charge in [-0.25, -0.2) is 0 Å². The van der Waals surface area contributed by atoms with Crippen LogP contribution in [-0.2, 0) is 9.05 Å². The third-order valence-corrected chi connectivity index (χ3v) is 6.35. The van der Waals surface area contributed by atoms with Crippen LogP contribution in [0.4, 0.5) is 0 Å². The van der Waals surface area contributed by atoms with Crippen molar-refractivity contribution in [3.63, 3.8) is 0 Å². The first-order chi connectivity index (χ1) is 7.22. The predicted octanol–water partition coefficient (Wildman–Crippen LogP) is 4.05. The minimum atomic E-state index is -1.05. The molecule has 1 aliphatic heterocycles. The monoisotopic (exact) mass is 302 g/mol. The van der Waals surface area contributed by atoms with E-state index < -0.39 is 15.3 Å². The van der Waals surface area contributed by atoms with Crippen molar-refractivity contribution in [2.75, 3.05) is 0 Å². The molecule has 0 aromatic rings. The van der Waals surface area contributed by atoms with Gasteiger partial charge in [0.15, 0.2) is 14.1 Å². The van der Waals surface area contributed by atoms with Gasteiger partial charge in [-0.05, 0) is 5.41 Å². The van der Waals surface area contributed by atoms with Gasteiger partial charge in [-0.3, -0.25) is 0 Å². The molecule has 1 heterocycles. The number of halogens is 3. The van der Waals surface area contributed by atoms with Gasteiger partial charge in [-0.1, -0.05) is 44.5 Å². The van der Waals surface area contributed by atoms with E-state index in [1.165, 1.54) is 0 Å². The minimum absolute atomic E-state index is 0.0869. The second-order valence-electron chi connectivity index (χ2n) is 5.16. The Bertz CT molecular complexity index is 331. The first-order valence-corrected chi connectivity index (χ1v) is 7.02. The summed E-state index contributed by atoms with van der Waals surface area (Å²) in [7, 11) is -0.0869. The van der Waals surface area contributed by atoms with Crippen molar-refractivity contribution in [2.45, 2.75) is 42.2 Å². The largest absolute Gasteiger partial charge is 0.324 e. The maximum Gasteiger partial charge on any atom is 0.196 e. The van der Waals surface area contributed by atoms with E-state index in [4.69, 9.17) is 43.9 Å². The van der Waals surface area contributed by atoms with Gasteiger partial charge >= 0.3 is 0 Å². The Morgan fingerprint density at radius 3 is 2.50 bits per heavy atom. The van der Waals surface area contributed by atoms with Gasteiger partial charge in [-0.2, -0.15) is 0 Å². The van der Waals surface area contributed by atoms with Crippen LogP contribution in [0.15, 0.2) is 12.2 Å². The van der Waals surface area contributed by atoms with Crippen molar-refractivity contribution in [3.05, 3.63) is 12.2 Å². The lowest BCUT2D eigenvalue weighted by Crippen LogP contribution is -2.59. The summed E-state index contributed by atoms with van der Waals surface area (Å²) in [6, 6.07) is 0. The highest BCUT2D eigenvalue weighted by molar-refractivity contribution is 7.26. The molecule has 2 rings (SSSR count). The van der Waals surface area contributed by atoms with E-state index in [2.05, 4.69) is 0 Å². The van der Waals surface area contributed by atoms with Gasteiger partial charge in [0.25, 0.3) is 0 Å². The molecule has 0 aromatic heterocycles. The van der Waals surface area contributed by atoms with E-state index in [1.807, 2.05) is 32.9 Å². The summed E-state index contributed by atoms with van der Waals surface area (Å²) in [6.07, 6.45) is 3.42. The maximum atomic E-state index is 6.62. The van der Waals surface area contributed by atoms with Crippen LogP contribution >= 0.6 is 43.8 Å². The average molecular weight is 304 g/mol. The van der Waals surface area contributed by atoms with Crippen LogP contribution in [0.3, 0.4) is 0 Å². The quantitative estimate of drug-likeness (QED) is 0.382. The molecule has 2 aliphatic rings. The second-order valence-corrected chi connectivity index (χ2v) is 7.42. The lowest BCUT2D eigenvalue weighted by Gasteiger charge is -2.48. The summed E-state index contributed by atoms with van der Waals surface area (Å²) in [6.45, 7) is 6.08. The number of hydrogen-bond acceptors (Lipinski definition) is 2. The Balaban J connectivity index is 2.43. The van der Waals surface area contributed by atoms with Crippen molar-refractivity contribution in [1.29, 1.82) is 0 Å². The van der Waals surface area contributed by atoms with E-state index in [9.17, 15) is 0 Å². The molecule has 92 valence electrons. The normalized spacial score (nSPS) is 49.6. The van der Waals surface area contributed by atoms with E-state index in [0.29, 0.717) is 0 Å². The average Bonchev–Trinajstić information content (AvgIpc) is 2.54. The molecule has 0 radical (unpaired) electrons. The van der Waals surface area contributed by atoms with E-state index in [-0.39, 0.29) is 20.6 Å². The van der Waals surface area contributed by atoms with Crippen LogP contribution in [-0.4, -0.2) is 21.4 Å². The van der Waals surface area contributed by atoms with Crippen molar-refractivity contribution in [2.24, 2.45) is 5.41 Å². The second kappa shape index (κ2) is 3.98. The summed E-state index contributed by atoms with van der Waals surface area (Å²) >= 11 is 19.5. The lowest BCUT2D eigenvalue weighted by molar-refractivity contribution is 0.103. The Morgan fingerprint density at radius 1 is 1.31 bits per heavy atom. The Hall–Kier alpha value is 0.960. The molecular formula is C10H14Cl3O2P. The third-order valence-electron chi connectivity index (χ3n) is 3.14. The summed E-state index contributed by atoms with van der Waals surface area (Å²) < 4.78 is 10.8. The Kier molecular flexibility index (Phi) is 3.33. The molecule has 0 saturated carbocycles. The van der Waals surface area contributed by atoms with Crippen molar-refractivity contribution in [1.82, 2.24) is 0 Å². The highest BCUT2D eigenvalue weighted by atomic mass is 35.5. The topological polar surface area (TPSA) is 18.5 Å². The molecule has 1 saturated heterocycles. The van der Waals surface area contributed by atoms with Crippen LogP contribution in [0.1, 0.15) is 20.8 Å². The van der Waals surface area contributed by atoms with Crippen LogP contribution in [0.25, 0.3) is 0 Å². The van der Waals surface area contributed by atoms with Crippen LogP contribution < -0.4 is 0 Å². The standard InChI is InChI=1S/C10H14Cl3O2P/c1-8(2,3)9(12)5-4-6-10(13,7(9)11)15-16-14-6/h4-7,16H,1-3H3. The van der Waals surface area contributed by atoms with Crippen LogP contribution in [0.2, 0.25) is 0 Å². The smallest absolute Gasteiger partial charge is 0.196 e. The Morgan fingerprint density at radius 2 is 1.94 bits per heavy atom. The van der Waals surface area contributed by atoms with Gasteiger partial charge < -0.3 is 9.05 Å². The molecule has 0 spiro atoms. The molecule has 0 amide bonds. The van der Waals surface area contributed by atoms with Crippen LogP contribution in [0.5, 0.6) is 0 Å². The summed E-state index contributed by atoms with van der Waals surface area (Å²) in [5.74, 6) is 0. The first kappa shape index (κ1) is 13.4. The third kappa shape index (κ3) is 1.74. The molecule has 0 bridgehead atoms. The molecular weight excluding hydrogens is 289 g/mol. The van der Waals surface area contributed by atoms with Gasteiger partial charge in [0.05, 0.1) is 4.87 Å². The predicted molar refractivity (Wildman–Crippen MR) is 69.7 cm³/mol. The van der Waals surface area contributed by atoms with Crippen molar-refractivity contribution < 1.29 is 9.05 Å². The molecule has 0 N–H and O–H groups in total. The number of hydrogen-bond donors (Lipinski definition) is 0. The fourth-order valence-corrected chi connectivity index (χ4v) is 4.03. The maximum absolute atomic E-state index is 6.62. The zero-order chi connectivity index (χ0) is 12.2. The van der Waals surface area contributed by atoms with Gasteiger partial charge in [0, 0.05) is 0 Å². The number of rotatable bonds is 0. The van der Waals surface area contributed by atoms with E-state index in [1.54, 1.807) is 0 Å². The first-order valence-electron chi connectivity index (χ1n) is 5.02. The molecule has 1 aliphatic carbocycles. The highest BCUT2D eigenvalue weighted by Crippen LogP contribution is 2.57. The summed E-state index contributed by atoms with van der Waals surface area (Å²) in [5, 5.41) is -1.60. The zero-order valence-corrected chi connectivity index (χ0v) is 12.5. The fourth-order valence-electron chi connectivity index (χ4n) is 1.87. The zero-order valence-electron chi connectivity index (χ0n) is 9.26. The lowest BCUT2D eigenvalue weighted by atomic mass is 9.73. The van der Waals surface area contributed by atoms with Crippen molar-refractivity contribution in [3.8, 4) is 0 Å².